The fourth-order valence-electron chi connectivity index (χ4n) is 2.31. The minimum absolute atomic E-state index is 0.0250. The van der Waals surface area contributed by atoms with Crippen molar-refractivity contribution in [1.82, 2.24) is 5.32 Å². The fraction of sp³-hybridized carbons (Fsp3) is 0.538. The molecule has 2 rings (SSSR count). The second-order valence-corrected chi connectivity index (χ2v) is 5.73. The van der Waals surface area contributed by atoms with E-state index >= 15 is 0 Å². The molecule has 1 aromatic rings. The second-order valence-electron chi connectivity index (χ2n) is 4.87. The molecule has 94 valence electrons. The molecule has 0 spiro atoms. The van der Waals surface area contributed by atoms with Crippen molar-refractivity contribution >= 4 is 15.9 Å². The van der Waals surface area contributed by atoms with Crippen molar-refractivity contribution in [2.45, 2.75) is 32.2 Å². The molecule has 17 heavy (non-hydrogen) atoms. The van der Waals surface area contributed by atoms with Crippen LogP contribution in [0.1, 0.15) is 25.3 Å². The van der Waals surface area contributed by atoms with Gasteiger partial charge >= 0.3 is 0 Å². The lowest BCUT2D eigenvalue weighted by molar-refractivity contribution is 0.358. The van der Waals surface area contributed by atoms with Gasteiger partial charge in [0.2, 0.25) is 0 Å². The quantitative estimate of drug-likeness (QED) is 0.837. The lowest BCUT2D eigenvalue weighted by Crippen LogP contribution is -2.33. The molecule has 4 heteroatoms. The summed E-state index contributed by atoms with van der Waals surface area (Å²) in [4.78, 5) is 0. The molecular formula is C13H16BrF2N. The lowest BCUT2D eigenvalue weighted by Gasteiger charge is -2.23. The summed E-state index contributed by atoms with van der Waals surface area (Å²) in [6.45, 7) is 2.07. The van der Waals surface area contributed by atoms with Crippen molar-refractivity contribution in [3.63, 3.8) is 0 Å². The zero-order valence-corrected chi connectivity index (χ0v) is 11.6. The summed E-state index contributed by atoms with van der Waals surface area (Å²) in [5.41, 5.74) is 0.232. The monoisotopic (exact) mass is 303 g/mol. The van der Waals surface area contributed by atoms with Gasteiger partial charge in [-0.1, -0.05) is 0 Å². The largest absolute Gasteiger partial charge is 0.317 e. The topological polar surface area (TPSA) is 12.0 Å². The van der Waals surface area contributed by atoms with Crippen LogP contribution in [0.5, 0.6) is 0 Å². The average molecular weight is 304 g/mol. The van der Waals surface area contributed by atoms with Gasteiger partial charge in [0.1, 0.15) is 11.6 Å². The highest BCUT2D eigenvalue weighted by molar-refractivity contribution is 9.10. The molecule has 0 amide bonds. The molecule has 0 aliphatic heterocycles. The van der Waals surface area contributed by atoms with Crippen molar-refractivity contribution in [2.24, 2.45) is 5.41 Å². The Balaban J connectivity index is 2.28. The van der Waals surface area contributed by atoms with Gasteiger partial charge in [-0.3, -0.25) is 0 Å². The maximum Gasteiger partial charge on any atom is 0.143 e. The van der Waals surface area contributed by atoms with Crippen molar-refractivity contribution in [1.29, 1.82) is 0 Å². The maximum absolute atomic E-state index is 13.9. The predicted molar refractivity (Wildman–Crippen MR) is 68.0 cm³/mol. The van der Waals surface area contributed by atoms with Gasteiger partial charge in [0.25, 0.3) is 0 Å². The highest BCUT2D eigenvalue weighted by atomic mass is 79.9. The van der Waals surface area contributed by atoms with E-state index in [2.05, 4.69) is 28.2 Å². The van der Waals surface area contributed by atoms with Crippen molar-refractivity contribution < 1.29 is 8.78 Å². The summed E-state index contributed by atoms with van der Waals surface area (Å²) in [6.07, 6.45) is 2.52. The van der Waals surface area contributed by atoms with E-state index in [9.17, 15) is 8.78 Å². The van der Waals surface area contributed by atoms with Crippen LogP contribution in [-0.4, -0.2) is 13.1 Å². The second kappa shape index (κ2) is 4.65. The molecule has 0 bridgehead atoms. The van der Waals surface area contributed by atoms with E-state index in [1.165, 1.54) is 12.1 Å². The van der Waals surface area contributed by atoms with Gasteiger partial charge in [0, 0.05) is 11.6 Å². The number of benzene rings is 1. The van der Waals surface area contributed by atoms with E-state index in [1.807, 2.05) is 7.05 Å². The zero-order valence-electron chi connectivity index (χ0n) is 9.99. The minimum Gasteiger partial charge on any atom is -0.317 e. The Morgan fingerprint density at radius 3 is 2.59 bits per heavy atom. The summed E-state index contributed by atoms with van der Waals surface area (Å²) in [5, 5.41) is 3.18. The molecule has 1 nitrogen and oxygen atoms in total. The van der Waals surface area contributed by atoms with Gasteiger partial charge in [-0.05, 0) is 66.7 Å². The van der Waals surface area contributed by atoms with Gasteiger partial charge in [0.15, 0.2) is 0 Å². The third-order valence-electron chi connectivity index (χ3n) is 3.91. The molecule has 1 unspecified atom stereocenters. The molecule has 0 heterocycles. The van der Waals surface area contributed by atoms with Crippen LogP contribution in [0.15, 0.2) is 16.6 Å². The third-order valence-corrected chi connectivity index (χ3v) is 4.52. The Morgan fingerprint density at radius 2 is 2.06 bits per heavy atom. The van der Waals surface area contributed by atoms with Crippen molar-refractivity contribution in [2.75, 3.05) is 7.05 Å². The lowest BCUT2D eigenvalue weighted by atomic mass is 9.89. The standard InChI is InChI=1S/C13H16BrF2N/c1-8(17-2)13(5-6-13)7-9-11(15)4-3-10(14)12(9)16/h3-4,8,17H,5-7H2,1-2H3. The van der Waals surface area contributed by atoms with Gasteiger partial charge in [-0.15, -0.1) is 0 Å². The third kappa shape index (κ3) is 2.38. The molecule has 1 N–H and O–H groups in total. The Hall–Kier alpha value is -0.480. The van der Waals surface area contributed by atoms with Crippen LogP contribution in [0.2, 0.25) is 0 Å². The molecule has 1 fully saturated rings. The Morgan fingerprint density at radius 1 is 1.41 bits per heavy atom. The summed E-state index contributed by atoms with van der Waals surface area (Å²) >= 11 is 3.10. The van der Waals surface area contributed by atoms with E-state index < -0.39 is 11.6 Å². The first kappa shape index (κ1) is 13.0. The summed E-state index contributed by atoms with van der Waals surface area (Å²) in [7, 11) is 1.89. The molecular weight excluding hydrogens is 288 g/mol. The molecule has 1 saturated carbocycles. The van der Waals surface area contributed by atoms with E-state index in [4.69, 9.17) is 0 Å². The van der Waals surface area contributed by atoms with Gasteiger partial charge in [-0.2, -0.15) is 0 Å². The van der Waals surface area contributed by atoms with Crippen molar-refractivity contribution in [3.8, 4) is 0 Å². The molecule has 0 saturated heterocycles. The number of halogens is 3. The van der Waals surface area contributed by atoms with E-state index in [1.54, 1.807) is 0 Å². The molecule has 0 aromatic heterocycles. The smallest absolute Gasteiger partial charge is 0.143 e. The maximum atomic E-state index is 13.9. The van der Waals surface area contributed by atoms with Crippen LogP contribution >= 0.6 is 15.9 Å². The van der Waals surface area contributed by atoms with E-state index in [-0.39, 0.29) is 17.0 Å². The first-order valence-corrected chi connectivity index (χ1v) is 6.59. The van der Waals surface area contributed by atoms with Gasteiger partial charge in [0.05, 0.1) is 4.47 Å². The number of hydrogen-bond donors (Lipinski definition) is 1. The summed E-state index contributed by atoms with van der Waals surface area (Å²) in [5.74, 6) is -0.903. The average Bonchev–Trinajstić information content (AvgIpc) is 3.10. The normalized spacial score (nSPS) is 19.1. The summed E-state index contributed by atoms with van der Waals surface area (Å²) < 4.78 is 27.9. The van der Waals surface area contributed by atoms with Crippen LogP contribution < -0.4 is 5.32 Å². The molecule has 1 aliphatic rings. The molecule has 0 radical (unpaired) electrons. The van der Waals surface area contributed by atoms with E-state index in [0.717, 1.165) is 12.8 Å². The van der Waals surface area contributed by atoms with Crippen LogP contribution in [0.3, 0.4) is 0 Å². The Bertz CT molecular complexity index is 430. The Labute approximate surface area is 109 Å². The van der Waals surface area contributed by atoms with Crippen molar-refractivity contribution in [3.05, 3.63) is 33.8 Å². The molecule has 1 aliphatic carbocycles. The molecule has 1 aromatic carbocycles. The molecule has 1 atom stereocenters. The SMILES string of the molecule is CNC(C)C1(Cc2c(F)ccc(Br)c2F)CC1. The zero-order chi connectivity index (χ0) is 12.6. The highest BCUT2D eigenvalue weighted by Crippen LogP contribution is 2.51. The fourth-order valence-corrected chi connectivity index (χ4v) is 2.68. The number of rotatable bonds is 4. The van der Waals surface area contributed by atoms with Gasteiger partial charge in [-0.25, -0.2) is 8.78 Å². The van der Waals surface area contributed by atoms with Gasteiger partial charge < -0.3 is 5.32 Å². The number of hydrogen-bond acceptors (Lipinski definition) is 1. The van der Waals surface area contributed by atoms with Crippen LogP contribution in [0.4, 0.5) is 8.78 Å². The minimum atomic E-state index is -0.459. The first-order valence-electron chi connectivity index (χ1n) is 5.80. The van der Waals surface area contributed by atoms with Crippen LogP contribution in [-0.2, 0) is 6.42 Å². The van der Waals surface area contributed by atoms with Crippen LogP contribution in [0.25, 0.3) is 0 Å². The number of nitrogens with one attached hydrogen (secondary N) is 1. The predicted octanol–water partition coefficient (Wildman–Crippen LogP) is 3.66. The highest BCUT2D eigenvalue weighted by Gasteiger charge is 2.47. The van der Waals surface area contributed by atoms with Crippen LogP contribution in [0, 0.1) is 17.0 Å². The first-order chi connectivity index (χ1) is 8.00. The van der Waals surface area contributed by atoms with E-state index in [0.29, 0.717) is 10.9 Å². The summed E-state index contributed by atoms with van der Waals surface area (Å²) in [6, 6.07) is 3.01. The Kier molecular flexibility index (Phi) is 3.55.